The van der Waals surface area contributed by atoms with Gasteiger partial charge in [-0.05, 0) is 36.6 Å². The van der Waals surface area contributed by atoms with Gasteiger partial charge in [-0.2, -0.15) is 0 Å². The Balaban J connectivity index is 1.58. The van der Waals surface area contributed by atoms with Crippen LogP contribution in [-0.4, -0.2) is 43.7 Å². The van der Waals surface area contributed by atoms with E-state index in [1.54, 1.807) is 17.4 Å². The van der Waals surface area contributed by atoms with Crippen molar-refractivity contribution in [2.24, 2.45) is 0 Å². The van der Waals surface area contributed by atoms with Gasteiger partial charge >= 0.3 is 0 Å². The number of thiophene rings is 1. The molecule has 1 aliphatic heterocycles. The summed E-state index contributed by atoms with van der Waals surface area (Å²) in [6.07, 6.45) is 3.21. The molecule has 0 saturated carbocycles. The number of ether oxygens (including phenoxy) is 1. The van der Waals surface area contributed by atoms with Gasteiger partial charge in [-0.1, -0.05) is 6.07 Å². The first kappa shape index (κ1) is 17.0. The lowest BCUT2D eigenvalue weighted by Gasteiger charge is -2.34. The van der Waals surface area contributed by atoms with Crippen LogP contribution in [0.2, 0.25) is 0 Å². The van der Waals surface area contributed by atoms with Gasteiger partial charge in [0, 0.05) is 30.6 Å². The minimum absolute atomic E-state index is 0.112. The summed E-state index contributed by atoms with van der Waals surface area (Å²) in [5, 5.41) is 5.08. The van der Waals surface area contributed by atoms with Gasteiger partial charge in [0.05, 0.1) is 19.3 Å². The molecule has 0 radical (unpaired) electrons. The Kier molecular flexibility index (Phi) is 5.85. The van der Waals surface area contributed by atoms with Crippen LogP contribution < -0.4 is 5.32 Å². The van der Waals surface area contributed by atoms with Crippen molar-refractivity contribution in [1.29, 1.82) is 0 Å². The number of hydrogen-bond donors (Lipinski definition) is 1. The lowest BCUT2D eigenvalue weighted by Crippen LogP contribution is -2.43. The van der Waals surface area contributed by atoms with Gasteiger partial charge in [0.2, 0.25) is 5.91 Å². The van der Waals surface area contributed by atoms with Crippen LogP contribution in [0.1, 0.15) is 22.4 Å². The molecule has 0 bridgehead atoms. The topological polar surface area (TPSA) is 54.7 Å². The number of morpholine rings is 1. The molecule has 3 heterocycles. The molecule has 0 aromatic carbocycles. The second kappa shape index (κ2) is 8.28. The minimum Gasteiger partial charge on any atom is -0.462 e. The van der Waals surface area contributed by atoms with Crippen LogP contribution in [0.5, 0.6) is 0 Å². The Labute approximate surface area is 145 Å². The molecule has 1 fully saturated rings. The SMILES string of the molecule is Cc1ccc(C=CC(=O)NCC(c2cccs2)N2CCOCC2)o1. The molecular weight excluding hydrogens is 324 g/mol. The first-order valence-electron chi connectivity index (χ1n) is 8.10. The normalized spacial score (nSPS) is 17.2. The number of rotatable bonds is 6. The predicted octanol–water partition coefficient (Wildman–Crippen LogP) is 2.85. The highest BCUT2D eigenvalue weighted by Crippen LogP contribution is 2.25. The maximum Gasteiger partial charge on any atom is 0.244 e. The number of furan rings is 1. The van der Waals surface area contributed by atoms with E-state index in [2.05, 4.69) is 27.7 Å². The van der Waals surface area contributed by atoms with Crippen LogP contribution in [0.15, 0.2) is 40.1 Å². The predicted molar refractivity (Wildman–Crippen MR) is 94.9 cm³/mol. The molecule has 24 heavy (non-hydrogen) atoms. The average molecular weight is 346 g/mol. The summed E-state index contributed by atoms with van der Waals surface area (Å²) in [4.78, 5) is 15.7. The number of amides is 1. The summed E-state index contributed by atoms with van der Waals surface area (Å²) in [5.74, 6) is 1.41. The fourth-order valence-electron chi connectivity index (χ4n) is 2.74. The largest absolute Gasteiger partial charge is 0.462 e. The number of carbonyl (C=O) groups is 1. The summed E-state index contributed by atoms with van der Waals surface area (Å²) < 4.78 is 10.9. The standard InChI is InChI=1S/C18H22N2O3S/c1-14-4-5-15(23-14)6-7-18(21)19-13-16(17-3-2-12-24-17)20-8-10-22-11-9-20/h2-7,12,16H,8-11,13H2,1H3,(H,19,21). The van der Waals surface area contributed by atoms with E-state index in [-0.39, 0.29) is 11.9 Å². The molecule has 1 saturated heterocycles. The molecule has 0 spiro atoms. The number of hydrogen-bond acceptors (Lipinski definition) is 5. The third-order valence-corrected chi connectivity index (χ3v) is 4.96. The van der Waals surface area contributed by atoms with Gasteiger partial charge in [-0.15, -0.1) is 11.3 Å². The van der Waals surface area contributed by atoms with Crippen molar-refractivity contribution in [3.8, 4) is 0 Å². The van der Waals surface area contributed by atoms with E-state index in [1.165, 1.54) is 11.0 Å². The van der Waals surface area contributed by atoms with Crippen LogP contribution in [0.25, 0.3) is 6.08 Å². The average Bonchev–Trinajstić information content (AvgIpc) is 3.26. The second-order valence-corrected chi connectivity index (χ2v) is 6.69. The van der Waals surface area contributed by atoms with Crippen LogP contribution in [-0.2, 0) is 9.53 Å². The Hall–Kier alpha value is -1.89. The smallest absolute Gasteiger partial charge is 0.244 e. The summed E-state index contributed by atoms with van der Waals surface area (Å²) in [5.41, 5.74) is 0. The van der Waals surface area contributed by atoms with Gasteiger partial charge in [0.15, 0.2) is 0 Å². The van der Waals surface area contributed by atoms with Crippen molar-refractivity contribution in [1.82, 2.24) is 10.2 Å². The van der Waals surface area contributed by atoms with E-state index in [4.69, 9.17) is 9.15 Å². The minimum atomic E-state index is -0.112. The van der Waals surface area contributed by atoms with Crippen LogP contribution in [0.3, 0.4) is 0 Å². The van der Waals surface area contributed by atoms with Gasteiger partial charge in [0.25, 0.3) is 0 Å². The highest BCUT2D eigenvalue weighted by atomic mass is 32.1. The molecule has 1 unspecified atom stereocenters. The zero-order chi connectivity index (χ0) is 16.8. The summed E-state index contributed by atoms with van der Waals surface area (Å²) in [6.45, 7) is 5.73. The lowest BCUT2D eigenvalue weighted by molar-refractivity contribution is -0.116. The number of nitrogens with one attached hydrogen (secondary N) is 1. The molecule has 1 amide bonds. The Morgan fingerprint density at radius 1 is 1.38 bits per heavy atom. The van der Waals surface area contributed by atoms with Gasteiger partial charge in [0.1, 0.15) is 11.5 Å². The molecule has 6 heteroatoms. The number of aryl methyl sites for hydroxylation is 1. The highest BCUT2D eigenvalue weighted by molar-refractivity contribution is 7.10. The Morgan fingerprint density at radius 2 is 2.21 bits per heavy atom. The van der Waals surface area contributed by atoms with Crippen molar-refractivity contribution in [2.75, 3.05) is 32.8 Å². The van der Waals surface area contributed by atoms with E-state index >= 15 is 0 Å². The first-order valence-corrected chi connectivity index (χ1v) is 8.98. The zero-order valence-electron chi connectivity index (χ0n) is 13.7. The maximum atomic E-state index is 12.1. The van der Waals surface area contributed by atoms with Crippen molar-refractivity contribution >= 4 is 23.3 Å². The summed E-state index contributed by atoms with van der Waals surface area (Å²) >= 11 is 1.72. The van der Waals surface area contributed by atoms with E-state index in [1.807, 2.05) is 19.1 Å². The van der Waals surface area contributed by atoms with Crippen molar-refractivity contribution in [3.63, 3.8) is 0 Å². The lowest BCUT2D eigenvalue weighted by atomic mass is 10.2. The zero-order valence-corrected chi connectivity index (χ0v) is 14.6. The third-order valence-electron chi connectivity index (χ3n) is 3.99. The molecule has 2 aromatic rings. The third kappa shape index (κ3) is 4.56. The molecule has 3 rings (SSSR count). The van der Waals surface area contributed by atoms with E-state index < -0.39 is 0 Å². The summed E-state index contributed by atoms with van der Waals surface area (Å²) in [7, 11) is 0. The second-order valence-electron chi connectivity index (χ2n) is 5.71. The maximum absolute atomic E-state index is 12.1. The molecular formula is C18H22N2O3S. The van der Waals surface area contributed by atoms with E-state index in [0.717, 1.165) is 32.1 Å². The number of carbonyl (C=O) groups excluding carboxylic acids is 1. The summed E-state index contributed by atoms with van der Waals surface area (Å²) in [6, 6.07) is 8.09. The fourth-order valence-corrected chi connectivity index (χ4v) is 3.60. The van der Waals surface area contributed by atoms with Gasteiger partial charge in [-0.25, -0.2) is 0 Å². The van der Waals surface area contributed by atoms with Crippen LogP contribution in [0.4, 0.5) is 0 Å². The van der Waals surface area contributed by atoms with Crippen LogP contribution >= 0.6 is 11.3 Å². The van der Waals surface area contributed by atoms with Crippen molar-refractivity contribution in [3.05, 3.63) is 52.1 Å². The molecule has 0 aliphatic carbocycles. The molecule has 2 aromatic heterocycles. The van der Waals surface area contributed by atoms with Gasteiger partial charge in [-0.3, -0.25) is 9.69 Å². The molecule has 1 N–H and O–H groups in total. The van der Waals surface area contributed by atoms with Crippen molar-refractivity contribution < 1.29 is 13.9 Å². The quantitative estimate of drug-likeness (QED) is 0.817. The van der Waals surface area contributed by atoms with Crippen molar-refractivity contribution in [2.45, 2.75) is 13.0 Å². The fraction of sp³-hybridized carbons (Fsp3) is 0.389. The Morgan fingerprint density at radius 3 is 2.88 bits per heavy atom. The highest BCUT2D eigenvalue weighted by Gasteiger charge is 2.23. The molecule has 1 aliphatic rings. The van der Waals surface area contributed by atoms with Gasteiger partial charge < -0.3 is 14.5 Å². The van der Waals surface area contributed by atoms with E-state index in [9.17, 15) is 4.79 Å². The van der Waals surface area contributed by atoms with Crippen LogP contribution in [0, 0.1) is 6.92 Å². The first-order chi connectivity index (χ1) is 11.7. The molecule has 128 valence electrons. The molecule has 1 atom stereocenters. The monoisotopic (exact) mass is 346 g/mol. The Bertz CT molecular complexity index is 672. The molecule has 5 nitrogen and oxygen atoms in total. The van der Waals surface area contributed by atoms with E-state index in [0.29, 0.717) is 12.3 Å². The number of nitrogens with zero attached hydrogens (tertiary/aromatic N) is 1.